The number of esters is 1. The summed E-state index contributed by atoms with van der Waals surface area (Å²) in [5.41, 5.74) is 0.752. The summed E-state index contributed by atoms with van der Waals surface area (Å²) in [4.78, 5) is 24.2. The number of hydrogen-bond donors (Lipinski definition) is 1. The SMILES string of the molecule is COc1ccc(OC)c(C(=O)OCC(=O)Nc2ccc(Br)cc2Br)c1. The third-order valence-electron chi connectivity index (χ3n) is 3.17. The van der Waals surface area contributed by atoms with Gasteiger partial charge in [-0.25, -0.2) is 4.79 Å². The molecule has 0 radical (unpaired) electrons. The topological polar surface area (TPSA) is 73.9 Å². The van der Waals surface area contributed by atoms with Crippen LogP contribution in [0.25, 0.3) is 0 Å². The van der Waals surface area contributed by atoms with Crippen molar-refractivity contribution in [1.82, 2.24) is 0 Å². The quantitative estimate of drug-likeness (QED) is 0.642. The molecule has 0 unspecified atom stereocenters. The Hall–Kier alpha value is -2.06. The second-order valence-electron chi connectivity index (χ2n) is 4.81. The van der Waals surface area contributed by atoms with Crippen molar-refractivity contribution in [3.8, 4) is 11.5 Å². The highest BCUT2D eigenvalue weighted by Crippen LogP contribution is 2.26. The second kappa shape index (κ2) is 8.87. The van der Waals surface area contributed by atoms with Crippen molar-refractivity contribution in [3.05, 3.63) is 50.9 Å². The first-order valence-electron chi connectivity index (χ1n) is 7.08. The molecule has 0 bridgehead atoms. The van der Waals surface area contributed by atoms with Crippen LogP contribution in [0.2, 0.25) is 0 Å². The van der Waals surface area contributed by atoms with Gasteiger partial charge >= 0.3 is 5.97 Å². The minimum atomic E-state index is -0.680. The molecule has 0 saturated carbocycles. The summed E-state index contributed by atoms with van der Waals surface area (Å²) in [6, 6.07) is 10.0. The number of carbonyl (C=O) groups is 2. The first-order chi connectivity index (χ1) is 11.9. The number of benzene rings is 2. The summed E-state index contributed by atoms with van der Waals surface area (Å²) in [6.07, 6.45) is 0. The van der Waals surface area contributed by atoms with Crippen molar-refractivity contribution in [3.63, 3.8) is 0 Å². The van der Waals surface area contributed by atoms with Crippen molar-refractivity contribution in [1.29, 1.82) is 0 Å². The highest BCUT2D eigenvalue weighted by molar-refractivity contribution is 9.11. The van der Waals surface area contributed by atoms with Crippen LogP contribution in [0.15, 0.2) is 45.3 Å². The molecule has 0 spiro atoms. The fourth-order valence-corrected chi connectivity index (χ4v) is 3.11. The Bertz CT molecular complexity index is 795. The summed E-state index contributed by atoms with van der Waals surface area (Å²) >= 11 is 6.67. The lowest BCUT2D eigenvalue weighted by atomic mass is 10.2. The van der Waals surface area contributed by atoms with E-state index in [1.807, 2.05) is 0 Å². The van der Waals surface area contributed by atoms with E-state index in [0.717, 1.165) is 4.47 Å². The summed E-state index contributed by atoms with van der Waals surface area (Å²) in [7, 11) is 2.93. The van der Waals surface area contributed by atoms with Crippen molar-refractivity contribution < 1.29 is 23.8 Å². The van der Waals surface area contributed by atoms with E-state index in [4.69, 9.17) is 14.2 Å². The van der Waals surface area contributed by atoms with Gasteiger partial charge in [-0.2, -0.15) is 0 Å². The number of nitrogens with one attached hydrogen (secondary N) is 1. The Morgan fingerprint density at radius 1 is 1.04 bits per heavy atom. The number of rotatable bonds is 6. The summed E-state index contributed by atoms with van der Waals surface area (Å²) in [5, 5.41) is 2.66. The van der Waals surface area contributed by atoms with Gasteiger partial charge in [0.15, 0.2) is 6.61 Å². The molecule has 0 aliphatic rings. The van der Waals surface area contributed by atoms with Crippen LogP contribution >= 0.6 is 31.9 Å². The van der Waals surface area contributed by atoms with Gasteiger partial charge < -0.3 is 19.5 Å². The van der Waals surface area contributed by atoms with E-state index < -0.39 is 18.5 Å². The molecule has 1 amide bonds. The lowest BCUT2D eigenvalue weighted by Crippen LogP contribution is -2.21. The van der Waals surface area contributed by atoms with Crippen LogP contribution in [0.3, 0.4) is 0 Å². The zero-order valence-electron chi connectivity index (χ0n) is 13.5. The first-order valence-corrected chi connectivity index (χ1v) is 8.67. The second-order valence-corrected chi connectivity index (χ2v) is 6.58. The molecule has 132 valence electrons. The Labute approximate surface area is 161 Å². The Morgan fingerprint density at radius 2 is 1.80 bits per heavy atom. The van der Waals surface area contributed by atoms with Gasteiger partial charge in [0.25, 0.3) is 5.91 Å². The molecule has 0 aliphatic heterocycles. The summed E-state index contributed by atoms with van der Waals surface area (Å²) in [5.74, 6) is -0.322. The predicted molar refractivity (Wildman–Crippen MR) is 100 cm³/mol. The number of ether oxygens (including phenoxy) is 3. The zero-order chi connectivity index (χ0) is 18.4. The smallest absolute Gasteiger partial charge is 0.342 e. The van der Waals surface area contributed by atoms with E-state index in [1.54, 1.807) is 30.3 Å². The Morgan fingerprint density at radius 3 is 2.44 bits per heavy atom. The number of halogens is 2. The van der Waals surface area contributed by atoms with Crippen molar-refractivity contribution >= 4 is 49.4 Å². The van der Waals surface area contributed by atoms with Crippen LogP contribution < -0.4 is 14.8 Å². The maximum absolute atomic E-state index is 12.2. The molecular formula is C17H15Br2NO5. The van der Waals surface area contributed by atoms with Gasteiger partial charge in [-0.15, -0.1) is 0 Å². The van der Waals surface area contributed by atoms with Gasteiger partial charge in [-0.05, 0) is 52.3 Å². The molecule has 8 heteroatoms. The first kappa shape index (κ1) is 19.3. The number of hydrogen-bond acceptors (Lipinski definition) is 5. The zero-order valence-corrected chi connectivity index (χ0v) is 16.6. The number of carbonyl (C=O) groups excluding carboxylic acids is 2. The van der Waals surface area contributed by atoms with Gasteiger partial charge in [0, 0.05) is 8.95 Å². The highest BCUT2D eigenvalue weighted by Gasteiger charge is 2.17. The van der Waals surface area contributed by atoms with Crippen molar-refractivity contribution in [2.45, 2.75) is 0 Å². The number of amides is 1. The van der Waals surface area contributed by atoms with Gasteiger partial charge in [0.05, 0.1) is 19.9 Å². The molecule has 0 atom stereocenters. The van der Waals surface area contributed by atoms with E-state index in [9.17, 15) is 9.59 Å². The molecule has 2 aromatic rings. The molecule has 0 fully saturated rings. The van der Waals surface area contributed by atoms with E-state index >= 15 is 0 Å². The highest BCUT2D eigenvalue weighted by atomic mass is 79.9. The molecule has 6 nitrogen and oxygen atoms in total. The fraction of sp³-hybridized carbons (Fsp3) is 0.176. The van der Waals surface area contributed by atoms with Crippen LogP contribution in [-0.4, -0.2) is 32.7 Å². The lowest BCUT2D eigenvalue weighted by Gasteiger charge is -2.11. The molecule has 1 N–H and O–H groups in total. The molecule has 0 heterocycles. The van der Waals surface area contributed by atoms with E-state index in [2.05, 4.69) is 37.2 Å². The van der Waals surface area contributed by atoms with Crippen LogP contribution in [-0.2, 0) is 9.53 Å². The van der Waals surface area contributed by atoms with Gasteiger partial charge in [0.1, 0.15) is 17.1 Å². The number of methoxy groups -OCH3 is 2. The molecule has 2 aromatic carbocycles. The summed E-state index contributed by atoms with van der Waals surface area (Å²) in [6.45, 7) is -0.429. The third-order valence-corrected chi connectivity index (χ3v) is 4.32. The van der Waals surface area contributed by atoms with Crippen LogP contribution in [0, 0.1) is 0 Å². The Kier molecular flexibility index (Phi) is 6.83. The van der Waals surface area contributed by atoms with E-state index in [-0.39, 0.29) is 5.56 Å². The molecule has 0 aromatic heterocycles. The van der Waals surface area contributed by atoms with Crippen LogP contribution in [0.1, 0.15) is 10.4 Å². The maximum atomic E-state index is 12.2. The fourth-order valence-electron chi connectivity index (χ4n) is 1.96. The average Bonchev–Trinajstić information content (AvgIpc) is 2.61. The largest absolute Gasteiger partial charge is 0.497 e. The minimum absolute atomic E-state index is 0.180. The summed E-state index contributed by atoms with van der Waals surface area (Å²) < 4.78 is 16.8. The molecule has 25 heavy (non-hydrogen) atoms. The van der Waals surface area contributed by atoms with Gasteiger partial charge in [0.2, 0.25) is 0 Å². The molecule has 0 aliphatic carbocycles. The number of anilines is 1. The monoisotopic (exact) mass is 471 g/mol. The van der Waals surface area contributed by atoms with Gasteiger partial charge in [-0.1, -0.05) is 15.9 Å². The molecule has 0 saturated heterocycles. The van der Waals surface area contributed by atoms with Crippen molar-refractivity contribution in [2.75, 3.05) is 26.1 Å². The normalized spacial score (nSPS) is 10.1. The van der Waals surface area contributed by atoms with Gasteiger partial charge in [-0.3, -0.25) is 4.79 Å². The average molecular weight is 473 g/mol. The van der Waals surface area contributed by atoms with Crippen LogP contribution in [0.5, 0.6) is 11.5 Å². The van der Waals surface area contributed by atoms with Crippen molar-refractivity contribution in [2.24, 2.45) is 0 Å². The lowest BCUT2D eigenvalue weighted by molar-refractivity contribution is -0.119. The molecular weight excluding hydrogens is 458 g/mol. The maximum Gasteiger partial charge on any atom is 0.342 e. The van der Waals surface area contributed by atoms with E-state index in [0.29, 0.717) is 21.7 Å². The molecule has 2 rings (SSSR count). The minimum Gasteiger partial charge on any atom is -0.497 e. The third kappa shape index (κ3) is 5.20. The van der Waals surface area contributed by atoms with Crippen LogP contribution in [0.4, 0.5) is 5.69 Å². The van der Waals surface area contributed by atoms with E-state index in [1.165, 1.54) is 20.3 Å². The predicted octanol–water partition coefficient (Wildman–Crippen LogP) is 4.02. The standard InChI is InChI=1S/C17H15Br2NO5/c1-23-11-4-6-15(24-2)12(8-11)17(22)25-9-16(21)20-14-5-3-10(18)7-13(14)19/h3-8H,9H2,1-2H3,(H,20,21). The Balaban J connectivity index is 2.00.